The van der Waals surface area contributed by atoms with Crippen LogP contribution >= 0.6 is 11.3 Å². The van der Waals surface area contributed by atoms with E-state index in [9.17, 15) is 4.79 Å². The van der Waals surface area contributed by atoms with Crippen LogP contribution in [-0.2, 0) is 11.3 Å². The van der Waals surface area contributed by atoms with Crippen molar-refractivity contribution in [2.24, 2.45) is 0 Å². The molecule has 0 unspecified atom stereocenters. The van der Waals surface area contributed by atoms with E-state index in [4.69, 9.17) is 4.74 Å². The second-order valence-corrected chi connectivity index (χ2v) is 6.45. The molecular weight excluding hydrogens is 234 g/mol. The van der Waals surface area contributed by atoms with Crippen LogP contribution in [0.1, 0.15) is 38.5 Å². The molecule has 1 aromatic rings. The van der Waals surface area contributed by atoms with Crippen LogP contribution in [0.25, 0.3) is 0 Å². The molecule has 0 atom stereocenters. The van der Waals surface area contributed by atoms with Crippen LogP contribution in [0.15, 0.2) is 17.5 Å². The van der Waals surface area contributed by atoms with Crippen molar-refractivity contribution in [1.29, 1.82) is 0 Å². The summed E-state index contributed by atoms with van der Waals surface area (Å²) in [6.07, 6.45) is 2.02. The van der Waals surface area contributed by atoms with Crippen molar-refractivity contribution < 1.29 is 9.53 Å². The van der Waals surface area contributed by atoms with Gasteiger partial charge in [-0.15, -0.1) is 11.3 Å². The van der Waals surface area contributed by atoms with E-state index in [-0.39, 0.29) is 6.09 Å². The standard InChI is InChI=1S/C13H19NO2S/c1-13(2,3)16-12(15)14(10-6-7-10)9-11-5-4-8-17-11/h4-5,8,10H,6-7,9H2,1-3H3. The molecule has 0 N–H and O–H groups in total. The first kappa shape index (κ1) is 12.4. The van der Waals surface area contributed by atoms with Gasteiger partial charge >= 0.3 is 6.09 Å². The molecule has 2 rings (SSSR count). The molecule has 1 aromatic heterocycles. The van der Waals surface area contributed by atoms with Gasteiger partial charge in [-0.2, -0.15) is 0 Å². The minimum atomic E-state index is -0.417. The molecule has 1 amide bonds. The number of hydrogen-bond donors (Lipinski definition) is 0. The van der Waals surface area contributed by atoms with E-state index >= 15 is 0 Å². The molecule has 1 aliphatic carbocycles. The van der Waals surface area contributed by atoms with Gasteiger partial charge in [-0.25, -0.2) is 4.79 Å². The SMILES string of the molecule is CC(C)(C)OC(=O)N(Cc1cccs1)C1CC1. The summed E-state index contributed by atoms with van der Waals surface area (Å²) in [5.74, 6) is 0. The van der Waals surface area contributed by atoms with Gasteiger partial charge in [0.1, 0.15) is 5.60 Å². The molecule has 0 spiro atoms. The molecule has 3 nitrogen and oxygen atoms in total. The number of thiophene rings is 1. The molecule has 0 bridgehead atoms. The molecule has 0 radical (unpaired) electrons. The number of hydrogen-bond acceptors (Lipinski definition) is 3. The van der Waals surface area contributed by atoms with Crippen LogP contribution in [-0.4, -0.2) is 22.6 Å². The van der Waals surface area contributed by atoms with Gasteiger partial charge in [0.15, 0.2) is 0 Å². The summed E-state index contributed by atoms with van der Waals surface area (Å²) in [7, 11) is 0. The van der Waals surface area contributed by atoms with E-state index in [1.807, 2.05) is 37.1 Å². The Kier molecular flexibility index (Phi) is 3.43. The van der Waals surface area contributed by atoms with Gasteiger partial charge in [0.25, 0.3) is 0 Å². The Hall–Kier alpha value is -1.03. The third kappa shape index (κ3) is 3.73. The summed E-state index contributed by atoms with van der Waals surface area (Å²) < 4.78 is 5.44. The first-order valence-electron chi connectivity index (χ1n) is 5.98. The van der Waals surface area contributed by atoms with Crippen LogP contribution in [0.4, 0.5) is 4.79 Å². The Morgan fingerprint density at radius 2 is 2.24 bits per heavy atom. The second kappa shape index (κ2) is 4.69. The highest BCUT2D eigenvalue weighted by atomic mass is 32.1. The van der Waals surface area contributed by atoms with Gasteiger partial charge < -0.3 is 9.64 Å². The quantitative estimate of drug-likeness (QED) is 0.823. The van der Waals surface area contributed by atoms with Crippen molar-refractivity contribution in [2.45, 2.75) is 51.8 Å². The van der Waals surface area contributed by atoms with Crippen LogP contribution in [0.3, 0.4) is 0 Å². The first-order valence-corrected chi connectivity index (χ1v) is 6.86. The van der Waals surface area contributed by atoms with E-state index in [0.29, 0.717) is 12.6 Å². The molecule has 17 heavy (non-hydrogen) atoms. The Bertz CT molecular complexity index is 377. The molecule has 1 saturated carbocycles. The topological polar surface area (TPSA) is 29.5 Å². The van der Waals surface area contributed by atoms with Crippen LogP contribution < -0.4 is 0 Å². The van der Waals surface area contributed by atoms with E-state index < -0.39 is 5.60 Å². The van der Waals surface area contributed by atoms with E-state index in [2.05, 4.69) is 6.07 Å². The molecule has 4 heteroatoms. The van der Waals surface area contributed by atoms with Crippen LogP contribution in [0, 0.1) is 0 Å². The third-order valence-electron chi connectivity index (χ3n) is 2.52. The van der Waals surface area contributed by atoms with E-state index in [1.54, 1.807) is 11.3 Å². The molecule has 0 aromatic carbocycles. The summed E-state index contributed by atoms with van der Waals surface area (Å²) in [5.41, 5.74) is -0.417. The molecule has 1 heterocycles. The molecule has 0 saturated heterocycles. The number of carbonyl (C=O) groups excluding carboxylic acids is 1. The Morgan fingerprint density at radius 3 is 2.71 bits per heavy atom. The Balaban J connectivity index is 1.99. The van der Waals surface area contributed by atoms with Gasteiger partial charge in [-0.05, 0) is 45.1 Å². The summed E-state index contributed by atoms with van der Waals surface area (Å²) in [6, 6.07) is 4.46. The number of rotatable bonds is 3. The first-order chi connectivity index (χ1) is 7.96. The van der Waals surface area contributed by atoms with Crippen molar-refractivity contribution in [3.63, 3.8) is 0 Å². The minimum Gasteiger partial charge on any atom is -0.444 e. The zero-order valence-electron chi connectivity index (χ0n) is 10.6. The minimum absolute atomic E-state index is 0.187. The highest BCUT2D eigenvalue weighted by molar-refractivity contribution is 7.09. The van der Waals surface area contributed by atoms with Gasteiger partial charge in [-0.1, -0.05) is 6.07 Å². The fourth-order valence-corrected chi connectivity index (χ4v) is 2.32. The molecule has 0 aliphatic heterocycles. The molecule has 1 fully saturated rings. The summed E-state index contributed by atoms with van der Waals surface area (Å²) >= 11 is 1.68. The zero-order valence-corrected chi connectivity index (χ0v) is 11.4. The monoisotopic (exact) mass is 253 g/mol. The molecular formula is C13H19NO2S. The van der Waals surface area contributed by atoms with Crippen molar-refractivity contribution in [1.82, 2.24) is 4.90 Å². The average Bonchev–Trinajstić information content (AvgIpc) is 2.89. The summed E-state index contributed by atoms with van der Waals surface area (Å²) in [4.78, 5) is 15.1. The fraction of sp³-hybridized carbons (Fsp3) is 0.615. The average molecular weight is 253 g/mol. The maximum atomic E-state index is 12.1. The van der Waals surface area contributed by atoms with Gasteiger partial charge in [0.2, 0.25) is 0 Å². The zero-order chi connectivity index (χ0) is 12.5. The predicted molar refractivity (Wildman–Crippen MR) is 69.1 cm³/mol. The van der Waals surface area contributed by atoms with E-state index in [0.717, 1.165) is 12.8 Å². The van der Waals surface area contributed by atoms with Crippen LogP contribution in [0.5, 0.6) is 0 Å². The number of carbonyl (C=O) groups is 1. The number of ether oxygens (including phenoxy) is 1. The smallest absolute Gasteiger partial charge is 0.410 e. The van der Waals surface area contributed by atoms with Crippen molar-refractivity contribution in [3.05, 3.63) is 22.4 Å². The summed E-state index contributed by atoms with van der Waals surface area (Å²) in [6.45, 7) is 6.39. The van der Waals surface area contributed by atoms with Crippen LogP contribution in [0.2, 0.25) is 0 Å². The fourth-order valence-electron chi connectivity index (χ4n) is 1.62. The Morgan fingerprint density at radius 1 is 1.53 bits per heavy atom. The highest BCUT2D eigenvalue weighted by Crippen LogP contribution is 2.30. The summed E-state index contributed by atoms with van der Waals surface area (Å²) in [5, 5.41) is 2.04. The molecule has 94 valence electrons. The lowest BCUT2D eigenvalue weighted by atomic mass is 10.2. The van der Waals surface area contributed by atoms with Crippen molar-refractivity contribution in [2.75, 3.05) is 0 Å². The van der Waals surface area contributed by atoms with Crippen molar-refractivity contribution in [3.8, 4) is 0 Å². The largest absolute Gasteiger partial charge is 0.444 e. The third-order valence-corrected chi connectivity index (χ3v) is 3.38. The maximum Gasteiger partial charge on any atom is 0.410 e. The Labute approximate surface area is 106 Å². The second-order valence-electron chi connectivity index (χ2n) is 5.42. The van der Waals surface area contributed by atoms with Gasteiger partial charge in [0.05, 0.1) is 6.54 Å². The van der Waals surface area contributed by atoms with Gasteiger partial charge in [-0.3, -0.25) is 0 Å². The van der Waals surface area contributed by atoms with E-state index in [1.165, 1.54) is 4.88 Å². The lowest BCUT2D eigenvalue weighted by molar-refractivity contribution is 0.0219. The lowest BCUT2D eigenvalue weighted by Gasteiger charge is -2.27. The highest BCUT2D eigenvalue weighted by Gasteiger charge is 2.35. The normalized spacial score (nSPS) is 15.7. The maximum absolute atomic E-state index is 12.1. The van der Waals surface area contributed by atoms with Gasteiger partial charge in [0, 0.05) is 10.9 Å². The predicted octanol–water partition coefficient (Wildman–Crippen LogP) is 3.65. The molecule has 1 aliphatic rings. The van der Waals surface area contributed by atoms with Crippen molar-refractivity contribution >= 4 is 17.4 Å². The number of amides is 1. The number of nitrogens with zero attached hydrogens (tertiary/aromatic N) is 1. The lowest BCUT2D eigenvalue weighted by Crippen LogP contribution is -2.37.